The molecule has 18 heavy (non-hydrogen) atoms. The van der Waals surface area contributed by atoms with E-state index in [1.165, 1.54) is 5.56 Å². The molecular weight excluding hydrogens is 246 g/mol. The largest absolute Gasteiger partial charge is 0.308 e. The second-order valence-corrected chi connectivity index (χ2v) is 4.62. The molecule has 4 heteroatoms. The monoisotopic (exact) mass is 261 g/mol. The summed E-state index contributed by atoms with van der Waals surface area (Å²) in [4.78, 5) is 8.34. The molecule has 1 unspecified atom stereocenters. The molecule has 1 N–H and O–H groups in total. The summed E-state index contributed by atoms with van der Waals surface area (Å²) < 4.78 is 0. The number of hydrogen-bond donors (Lipinski definition) is 1. The van der Waals surface area contributed by atoms with Crippen molar-refractivity contribution in [2.24, 2.45) is 0 Å². The van der Waals surface area contributed by atoms with Gasteiger partial charge in [-0.1, -0.05) is 23.7 Å². The predicted octanol–water partition coefficient (Wildman–Crippen LogP) is 3.02. The fourth-order valence-electron chi connectivity index (χ4n) is 1.72. The molecule has 0 amide bonds. The van der Waals surface area contributed by atoms with Crippen molar-refractivity contribution in [3.8, 4) is 0 Å². The van der Waals surface area contributed by atoms with E-state index in [2.05, 4.69) is 34.3 Å². The van der Waals surface area contributed by atoms with Crippen LogP contribution >= 0.6 is 11.6 Å². The molecule has 1 atom stereocenters. The normalized spacial score (nSPS) is 12.3. The van der Waals surface area contributed by atoms with Crippen molar-refractivity contribution in [2.45, 2.75) is 19.4 Å². The molecule has 2 rings (SSSR count). The van der Waals surface area contributed by atoms with Gasteiger partial charge in [-0.15, -0.1) is 0 Å². The van der Waals surface area contributed by atoms with Crippen LogP contribution in [0.15, 0.2) is 42.9 Å². The smallest absolute Gasteiger partial charge is 0.0753 e. The van der Waals surface area contributed by atoms with Gasteiger partial charge in [-0.2, -0.15) is 0 Å². The van der Waals surface area contributed by atoms with Crippen molar-refractivity contribution >= 4 is 11.6 Å². The number of nitrogens with one attached hydrogen (secondary N) is 1. The van der Waals surface area contributed by atoms with E-state index in [-0.39, 0.29) is 6.04 Å². The quantitative estimate of drug-likeness (QED) is 0.899. The van der Waals surface area contributed by atoms with Gasteiger partial charge in [0.05, 0.1) is 5.69 Å². The van der Waals surface area contributed by atoms with Crippen molar-refractivity contribution in [1.82, 2.24) is 15.3 Å². The Kier molecular flexibility index (Phi) is 4.67. The van der Waals surface area contributed by atoms with Crippen LogP contribution in [0.3, 0.4) is 0 Å². The summed E-state index contributed by atoms with van der Waals surface area (Å²) in [7, 11) is 0. The number of benzene rings is 1. The summed E-state index contributed by atoms with van der Waals surface area (Å²) in [6.45, 7) is 2.99. The van der Waals surface area contributed by atoms with E-state index >= 15 is 0 Å². The van der Waals surface area contributed by atoms with Crippen molar-refractivity contribution < 1.29 is 0 Å². The maximum Gasteiger partial charge on any atom is 0.0753 e. The zero-order chi connectivity index (χ0) is 12.8. The van der Waals surface area contributed by atoms with Crippen LogP contribution in [0, 0.1) is 0 Å². The highest BCUT2D eigenvalue weighted by molar-refractivity contribution is 6.30. The van der Waals surface area contributed by atoms with Gasteiger partial charge in [-0.05, 0) is 37.6 Å². The Morgan fingerprint density at radius 1 is 1.22 bits per heavy atom. The van der Waals surface area contributed by atoms with Gasteiger partial charge in [-0.3, -0.25) is 9.97 Å². The first-order chi connectivity index (χ1) is 8.75. The number of halogens is 1. The lowest BCUT2D eigenvalue weighted by molar-refractivity contribution is 0.562. The molecule has 1 aromatic heterocycles. The second kappa shape index (κ2) is 6.47. The molecule has 2 aromatic rings. The first-order valence-corrected chi connectivity index (χ1v) is 6.37. The van der Waals surface area contributed by atoms with E-state index in [9.17, 15) is 0 Å². The van der Waals surface area contributed by atoms with E-state index < -0.39 is 0 Å². The van der Waals surface area contributed by atoms with Crippen LogP contribution in [0.1, 0.15) is 24.2 Å². The van der Waals surface area contributed by atoms with Gasteiger partial charge < -0.3 is 5.32 Å². The van der Waals surface area contributed by atoms with Gasteiger partial charge in [-0.25, -0.2) is 0 Å². The van der Waals surface area contributed by atoms with Gasteiger partial charge in [0.15, 0.2) is 0 Å². The third-order valence-electron chi connectivity index (χ3n) is 2.80. The van der Waals surface area contributed by atoms with E-state index in [1.54, 1.807) is 18.6 Å². The number of aromatic nitrogens is 2. The van der Waals surface area contributed by atoms with Gasteiger partial charge in [0.1, 0.15) is 0 Å². The summed E-state index contributed by atoms with van der Waals surface area (Å²) in [6, 6.07) is 8.16. The highest BCUT2D eigenvalue weighted by Crippen LogP contribution is 2.10. The molecule has 1 heterocycles. The van der Waals surface area contributed by atoms with Crippen LogP contribution < -0.4 is 5.32 Å². The molecule has 0 aliphatic heterocycles. The first kappa shape index (κ1) is 13.0. The SMILES string of the molecule is CC(NCCc1ccc(Cl)cc1)c1cnccn1. The third kappa shape index (κ3) is 3.79. The summed E-state index contributed by atoms with van der Waals surface area (Å²) in [5, 5.41) is 4.20. The maximum absolute atomic E-state index is 5.85. The molecule has 0 saturated carbocycles. The lowest BCUT2D eigenvalue weighted by Crippen LogP contribution is -2.22. The standard InChI is InChI=1S/C14H16ClN3/c1-11(14-10-16-8-9-18-14)17-7-6-12-2-4-13(15)5-3-12/h2-5,8-11,17H,6-7H2,1H3. The van der Waals surface area contributed by atoms with Gasteiger partial charge in [0.25, 0.3) is 0 Å². The summed E-state index contributed by atoms with van der Waals surface area (Å²) in [6.07, 6.45) is 6.17. The molecule has 3 nitrogen and oxygen atoms in total. The fourth-order valence-corrected chi connectivity index (χ4v) is 1.85. The molecule has 0 aliphatic rings. The Morgan fingerprint density at radius 2 is 2.00 bits per heavy atom. The van der Waals surface area contributed by atoms with Gasteiger partial charge >= 0.3 is 0 Å². The molecule has 0 saturated heterocycles. The van der Waals surface area contributed by atoms with Crippen LogP contribution in [0.2, 0.25) is 5.02 Å². The highest BCUT2D eigenvalue weighted by atomic mass is 35.5. The minimum Gasteiger partial charge on any atom is -0.308 e. The van der Waals surface area contributed by atoms with Gasteiger partial charge in [0, 0.05) is 29.7 Å². The molecule has 1 aromatic carbocycles. The zero-order valence-electron chi connectivity index (χ0n) is 10.3. The van der Waals surface area contributed by atoms with Crippen molar-refractivity contribution in [3.05, 3.63) is 59.1 Å². The lowest BCUT2D eigenvalue weighted by Gasteiger charge is -2.12. The van der Waals surface area contributed by atoms with Crippen molar-refractivity contribution in [1.29, 1.82) is 0 Å². The summed E-state index contributed by atoms with van der Waals surface area (Å²) in [5.41, 5.74) is 2.24. The first-order valence-electron chi connectivity index (χ1n) is 5.99. The predicted molar refractivity (Wildman–Crippen MR) is 73.6 cm³/mol. The maximum atomic E-state index is 5.85. The number of nitrogens with zero attached hydrogens (tertiary/aromatic N) is 2. The number of hydrogen-bond acceptors (Lipinski definition) is 3. The average Bonchev–Trinajstić information content (AvgIpc) is 2.42. The Morgan fingerprint density at radius 3 is 2.67 bits per heavy atom. The molecule has 0 fully saturated rings. The molecule has 0 spiro atoms. The van der Waals surface area contributed by atoms with E-state index in [1.807, 2.05) is 12.1 Å². The Balaban J connectivity index is 1.80. The van der Waals surface area contributed by atoms with Crippen molar-refractivity contribution in [3.63, 3.8) is 0 Å². The van der Waals surface area contributed by atoms with E-state index in [4.69, 9.17) is 11.6 Å². The Labute approximate surface area is 112 Å². The number of rotatable bonds is 5. The molecule has 0 radical (unpaired) electrons. The molecule has 0 bridgehead atoms. The topological polar surface area (TPSA) is 37.8 Å². The minimum absolute atomic E-state index is 0.214. The summed E-state index contributed by atoms with van der Waals surface area (Å²) >= 11 is 5.85. The van der Waals surface area contributed by atoms with Crippen LogP contribution in [0.5, 0.6) is 0 Å². The molecule has 94 valence electrons. The fraction of sp³-hybridized carbons (Fsp3) is 0.286. The Hall–Kier alpha value is -1.45. The van der Waals surface area contributed by atoms with Crippen LogP contribution in [-0.2, 0) is 6.42 Å². The zero-order valence-corrected chi connectivity index (χ0v) is 11.1. The lowest BCUT2D eigenvalue weighted by atomic mass is 10.1. The molecule has 0 aliphatic carbocycles. The third-order valence-corrected chi connectivity index (χ3v) is 3.06. The van der Waals surface area contributed by atoms with Crippen LogP contribution in [0.25, 0.3) is 0 Å². The van der Waals surface area contributed by atoms with Gasteiger partial charge in [0.2, 0.25) is 0 Å². The average molecular weight is 262 g/mol. The van der Waals surface area contributed by atoms with E-state index in [0.29, 0.717) is 0 Å². The molecular formula is C14H16ClN3. The van der Waals surface area contributed by atoms with Crippen LogP contribution in [0.4, 0.5) is 0 Å². The van der Waals surface area contributed by atoms with Crippen molar-refractivity contribution in [2.75, 3.05) is 6.54 Å². The Bertz CT molecular complexity index is 470. The summed E-state index contributed by atoms with van der Waals surface area (Å²) in [5.74, 6) is 0. The van der Waals surface area contributed by atoms with E-state index in [0.717, 1.165) is 23.7 Å². The highest BCUT2D eigenvalue weighted by Gasteiger charge is 2.05. The van der Waals surface area contributed by atoms with Crippen LogP contribution in [-0.4, -0.2) is 16.5 Å². The minimum atomic E-state index is 0.214. The second-order valence-electron chi connectivity index (χ2n) is 4.18.